The summed E-state index contributed by atoms with van der Waals surface area (Å²) in [6.07, 6.45) is 0. The molecule has 0 unspecified atom stereocenters. The molecule has 11 aromatic rings. The molecule has 56 heavy (non-hydrogen) atoms. The Morgan fingerprint density at radius 3 is 1.55 bits per heavy atom. The molecule has 0 bridgehead atoms. The van der Waals surface area contributed by atoms with Gasteiger partial charge in [-0.1, -0.05) is 140 Å². The normalized spacial score (nSPS) is 11.6. The summed E-state index contributed by atoms with van der Waals surface area (Å²) in [4.78, 5) is 25.3. The van der Waals surface area contributed by atoms with Gasteiger partial charge < -0.3 is 0 Å². The van der Waals surface area contributed by atoms with Crippen LogP contribution >= 0.6 is 22.7 Å². The fraction of sp³-hybridized carbons (Fsp3) is 0. The van der Waals surface area contributed by atoms with Crippen LogP contribution in [0, 0.1) is 0 Å². The van der Waals surface area contributed by atoms with E-state index < -0.39 is 0 Å². The van der Waals surface area contributed by atoms with E-state index in [-0.39, 0.29) is 0 Å². The monoisotopic (exact) mass is 751 g/mol. The Labute approximate surface area is 330 Å². The highest BCUT2D eigenvalue weighted by Crippen LogP contribution is 2.41. The Bertz CT molecular complexity index is 3190. The van der Waals surface area contributed by atoms with Crippen LogP contribution in [0.4, 0.5) is 0 Å². The molecule has 0 aliphatic heterocycles. The minimum Gasteiger partial charge on any atom is -0.226 e. The summed E-state index contributed by atoms with van der Waals surface area (Å²) < 4.78 is 4.76. The van der Waals surface area contributed by atoms with Crippen LogP contribution in [0.2, 0.25) is 0 Å². The third kappa shape index (κ3) is 5.73. The van der Waals surface area contributed by atoms with Gasteiger partial charge in [-0.15, -0.1) is 22.7 Å². The summed E-state index contributed by atoms with van der Waals surface area (Å²) in [5.74, 6) is 2.68. The molecular weight excluding hydrogens is 723 g/mol. The van der Waals surface area contributed by atoms with E-state index in [0.717, 1.165) is 66.1 Å². The Morgan fingerprint density at radius 2 is 0.821 bits per heavy atom. The van der Waals surface area contributed by atoms with Crippen molar-refractivity contribution < 1.29 is 0 Å². The Morgan fingerprint density at radius 1 is 0.286 bits per heavy atom. The van der Waals surface area contributed by atoms with Crippen LogP contribution < -0.4 is 0 Å². The van der Waals surface area contributed by atoms with Crippen LogP contribution in [0.15, 0.2) is 176 Å². The van der Waals surface area contributed by atoms with Gasteiger partial charge in [-0.25, -0.2) is 24.9 Å². The smallest absolute Gasteiger partial charge is 0.164 e. The second-order valence-corrected chi connectivity index (χ2v) is 15.8. The molecular formula is C49H29N5S2. The molecule has 0 fully saturated rings. The van der Waals surface area contributed by atoms with Crippen molar-refractivity contribution in [1.82, 2.24) is 24.9 Å². The molecule has 0 amide bonds. The summed E-state index contributed by atoms with van der Waals surface area (Å²) in [5, 5.41) is 3.55. The van der Waals surface area contributed by atoms with E-state index >= 15 is 0 Å². The minimum absolute atomic E-state index is 0.652. The van der Waals surface area contributed by atoms with Crippen LogP contribution in [0.25, 0.3) is 108 Å². The van der Waals surface area contributed by atoms with Crippen molar-refractivity contribution in [3.8, 4) is 67.9 Å². The largest absolute Gasteiger partial charge is 0.226 e. The van der Waals surface area contributed by atoms with E-state index in [4.69, 9.17) is 24.9 Å². The zero-order valence-electron chi connectivity index (χ0n) is 29.8. The molecule has 7 aromatic carbocycles. The predicted molar refractivity (Wildman–Crippen MR) is 234 cm³/mol. The lowest BCUT2D eigenvalue weighted by Crippen LogP contribution is -2.00. The fourth-order valence-corrected chi connectivity index (χ4v) is 9.66. The van der Waals surface area contributed by atoms with Crippen molar-refractivity contribution in [3.63, 3.8) is 0 Å². The molecule has 0 spiro atoms. The third-order valence-electron chi connectivity index (χ3n) is 10.1. The summed E-state index contributed by atoms with van der Waals surface area (Å²) in [5.41, 5.74) is 9.17. The number of benzene rings is 7. The van der Waals surface area contributed by atoms with Crippen molar-refractivity contribution in [3.05, 3.63) is 176 Å². The van der Waals surface area contributed by atoms with Gasteiger partial charge in [0.2, 0.25) is 0 Å². The molecule has 7 heteroatoms. The number of nitrogens with zero attached hydrogens (tertiary/aromatic N) is 5. The van der Waals surface area contributed by atoms with Crippen LogP contribution in [-0.2, 0) is 0 Å². The number of rotatable bonds is 6. The van der Waals surface area contributed by atoms with Crippen molar-refractivity contribution in [1.29, 1.82) is 0 Å². The first-order valence-corrected chi connectivity index (χ1v) is 20.0. The molecule has 0 aliphatic rings. The maximum atomic E-state index is 5.22. The van der Waals surface area contributed by atoms with Gasteiger partial charge >= 0.3 is 0 Å². The topological polar surface area (TPSA) is 64.5 Å². The molecule has 0 radical (unpaired) electrons. The summed E-state index contributed by atoms with van der Waals surface area (Å²) in [6, 6.07) is 61.0. The highest BCUT2D eigenvalue weighted by Gasteiger charge is 2.18. The second kappa shape index (κ2) is 13.4. The van der Waals surface area contributed by atoms with Gasteiger partial charge in [0.25, 0.3) is 0 Å². The van der Waals surface area contributed by atoms with E-state index in [2.05, 4.69) is 109 Å². The molecule has 0 atom stereocenters. The molecule has 262 valence electrons. The fourth-order valence-electron chi connectivity index (χ4n) is 7.38. The zero-order valence-corrected chi connectivity index (χ0v) is 31.4. The van der Waals surface area contributed by atoms with Crippen LogP contribution in [0.1, 0.15) is 0 Å². The van der Waals surface area contributed by atoms with Crippen LogP contribution in [0.5, 0.6) is 0 Å². The lowest BCUT2D eigenvalue weighted by Gasteiger charge is -2.09. The van der Waals surface area contributed by atoms with Crippen molar-refractivity contribution in [2.75, 3.05) is 0 Å². The molecule has 0 saturated carbocycles. The first kappa shape index (κ1) is 32.5. The lowest BCUT2D eigenvalue weighted by molar-refractivity contribution is 1.07. The maximum absolute atomic E-state index is 5.22. The predicted octanol–water partition coefficient (Wildman–Crippen LogP) is 13.4. The summed E-state index contributed by atoms with van der Waals surface area (Å²) in [6.45, 7) is 0. The quantitative estimate of drug-likeness (QED) is 0.169. The molecule has 5 nitrogen and oxygen atoms in total. The van der Waals surface area contributed by atoms with E-state index in [1.165, 1.54) is 24.9 Å². The van der Waals surface area contributed by atoms with Crippen LogP contribution in [0.3, 0.4) is 0 Å². The van der Waals surface area contributed by atoms with Gasteiger partial charge in [0.1, 0.15) is 0 Å². The standard InChI is InChI=1S/C49H29N5S2/c1-4-13-30(14-5-1)43-45-44(38-21-10-11-22-40(38)56-45)51-48(50-43)35-20-12-19-33(27-35)34-23-25-37-39-28-36(24-26-41(39)55-42(37)29-34)49-53-46(31-15-6-2-7-16-31)52-47(54-49)32-17-8-3-9-18-32/h1-29H. The van der Waals surface area contributed by atoms with E-state index in [0.29, 0.717) is 17.5 Å². The summed E-state index contributed by atoms with van der Waals surface area (Å²) in [7, 11) is 0. The van der Waals surface area contributed by atoms with Crippen LogP contribution in [-0.4, -0.2) is 24.9 Å². The number of hydrogen-bond acceptors (Lipinski definition) is 7. The van der Waals surface area contributed by atoms with Crippen molar-refractivity contribution >= 4 is 63.1 Å². The molecule has 0 N–H and O–H groups in total. The van der Waals surface area contributed by atoms with E-state index in [1.54, 1.807) is 22.7 Å². The Balaban J connectivity index is 0.990. The Hall–Kier alpha value is -6.93. The molecule has 4 aromatic heterocycles. The number of fused-ring (bicyclic) bond motifs is 6. The summed E-state index contributed by atoms with van der Waals surface area (Å²) >= 11 is 3.56. The number of hydrogen-bond donors (Lipinski definition) is 0. The molecule has 0 aliphatic carbocycles. The third-order valence-corrected chi connectivity index (χ3v) is 12.5. The van der Waals surface area contributed by atoms with Gasteiger partial charge in [-0.2, -0.15) is 0 Å². The van der Waals surface area contributed by atoms with E-state index in [1.807, 2.05) is 66.7 Å². The minimum atomic E-state index is 0.652. The number of thiophene rings is 2. The average Bonchev–Trinajstić information content (AvgIpc) is 3.84. The zero-order chi connectivity index (χ0) is 37.0. The van der Waals surface area contributed by atoms with Crippen molar-refractivity contribution in [2.45, 2.75) is 0 Å². The lowest BCUT2D eigenvalue weighted by atomic mass is 10.0. The first-order chi connectivity index (χ1) is 27.7. The highest BCUT2D eigenvalue weighted by atomic mass is 32.1. The highest BCUT2D eigenvalue weighted by molar-refractivity contribution is 7.26. The molecule has 11 rings (SSSR count). The van der Waals surface area contributed by atoms with Gasteiger partial charge in [-0.05, 0) is 47.5 Å². The average molecular weight is 752 g/mol. The molecule has 0 saturated heterocycles. The molecule has 4 heterocycles. The van der Waals surface area contributed by atoms with Gasteiger partial charge in [0, 0.05) is 58.1 Å². The number of aromatic nitrogens is 5. The van der Waals surface area contributed by atoms with E-state index in [9.17, 15) is 0 Å². The first-order valence-electron chi connectivity index (χ1n) is 18.4. The van der Waals surface area contributed by atoms with Gasteiger partial charge in [0.15, 0.2) is 23.3 Å². The second-order valence-electron chi connectivity index (χ2n) is 13.7. The van der Waals surface area contributed by atoms with Gasteiger partial charge in [-0.3, -0.25) is 0 Å². The van der Waals surface area contributed by atoms with Gasteiger partial charge in [0.05, 0.1) is 15.9 Å². The Kier molecular flexibility index (Phi) is 7.79. The maximum Gasteiger partial charge on any atom is 0.164 e. The SMILES string of the molecule is c1ccc(-c2nc(-c3ccccc3)nc(-c3ccc4sc5cc(-c6cccc(-c7nc(-c8ccccc8)c8sc9ccccc9c8n7)c6)ccc5c4c3)n2)cc1. The van der Waals surface area contributed by atoms with Crippen molar-refractivity contribution in [2.24, 2.45) is 0 Å².